The number of aliphatic hydroxyl groups excluding tert-OH is 1. The molecule has 1 aliphatic heterocycles. The number of anilines is 1. The van der Waals surface area contributed by atoms with Crippen molar-refractivity contribution < 1.29 is 19.1 Å². The number of thiophene rings is 1. The van der Waals surface area contributed by atoms with E-state index in [1.807, 2.05) is 48.7 Å². The Kier molecular flexibility index (Phi) is 5.63. The van der Waals surface area contributed by atoms with Gasteiger partial charge in [-0.15, -0.1) is 22.7 Å². The summed E-state index contributed by atoms with van der Waals surface area (Å²) >= 11 is 2.63. The number of carbonyl (C=O) groups excluding carboxylic acids is 2. The van der Waals surface area contributed by atoms with Gasteiger partial charge in [0.2, 0.25) is 5.78 Å². The molecule has 5 rings (SSSR count). The average molecular weight is 491 g/mol. The van der Waals surface area contributed by atoms with Crippen LogP contribution in [0.1, 0.15) is 31.8 Å². The molecule has 1 aliphatic rings. The molecule has 3 heterocycles. The van der Waals surface area contributed by atoms with Crippen LogP contribution in [0.15, 0.2) is 77.4 Å². The lowest BCUT2D eigenvalue weighted by Crippen LogP contribution is -2.30. The van der Waals surface area contributed by atoms with Crippen molar-refractivity contribution in [2.45, 2.75) is 19.9 Å². The van der Waals surface area contributed by atoms with E-state index in [1.165, 1.54) is 51.8 Å². The highest BCUT2D eigenvalue weighted by atomic mass is 32.1. The van der Waals surface area contributed by atoms with Gasteiger partial charge in [0.1, 0.15) is 16.9 Å². The number of aliphatic hydroxyl groups is 1. The van der Waals surface area contributed by atoms with Crippen molar-refractivity contribution in [2.75, 3.05) is 4.90 Å². The molecule has 0 spiro atoms. The first kappa shape index (κ1) is 22.2. The maximum absolute atomic E-state index is 13.8. The predicted molar refractivity (Wildman–Crippen MR) is 132 cm³/mol. The summed E-state index contributed by atoms with van der Waals surface area (Å²) in [5.41, 5.74) is 2.70. The van der Waals surface area contributed by atoms with Crippen molar-refractivity contribution in [1.29, 1.82) is 0 Å². The van der Waals surface area contributed by atoms with Crippen molar-refractivity contribution in [1.82, 2.24) is 4.98 Å². The summed E-state index contributed by atoms with van der Waals surface area (Å²) in [6, 6.07) is 16.0. The fourth-order valence-electron chi connectivity index (χ4n) is 4.05. The van der Waals surface area contributed by atoms with Gasteiger partial charge >= 0.3 is 0 Å². The second-order valence-corrected chi connectivity index (χ2v) is 9.86. The molecule has 0 aliphatic carbocycles. The zero-order chi connectivity index (χ0) is 24.0. The maximum atomic E-state index is 13.8. The fraction of sp³-hybridized carbons (Fsp3) is 0.115. The Morgan fingerprint density at radius 2 is 1.76 bits per heavy atom. The molecule has 1 amide bonds. The van der Waals surface area contributed by atoms with E-state index in [9.17, 15) is 19.1 Å². The van der Waals surface area contributed by atoms with Crippen LogP contribution in [-0.4, -0.2) is 21.8 Å². The van der Waals surface area contributed by atoms with Gasteiger partial charge in [-0.3, -0.25) is 14.5 Å². The number of Topliss-reactive ketones (excluding diaryl/α,β-unsaturated/α-hetero) is 1. The standard InChI is InChI=1S/C26H19FN2O3S2/c1-14-12-13-33-23(14)20-19(22(31)26(32)29(20)18-10-8-17(27)9-11-18)21(30)24-15(2)28-25(34-24)16-6-4-3-5-7-16/h3-13,20,31H,1-2H3. The molecule has 34 heavy (non-hydrogen) atoms. The number of halogens is 1. The highest BCUT2D eigenvalue weighted by Crippen LogP contribution is 2.45. The Balaban J connectivity index is 1.63. The molecular formula is C26H19FN2O3S2. The van der Waals surface area contributed by atoms with Crippen molar-refractivity contribution in [3.05, 3.63) is 104 Å². The predicted octanol–water partition coefficient (Wildman–Crippen LogP) is 6.41. The second kappa shape index (κ2) is 8.62. The minimum atomic E-state index is -0.827. The van der Waals surface area contributed by atoms with Gasteiger partial charge in [-0.1, -0.05) is 30.3 Å². The molecule has 1 N–H and O–H groups in total. The zero-order valence-electron chi connectivity index (χ0n) is 18.3. The molecule has 1 atom stereocenters. The molecule has 0 saturated carbocycles. The molecular weight excluding hydrogens is 471 g/mol. The van der Waals surface area contributed by atoms with Crippen LogP contribution >= 0.6 is 22.7 Å². The van der Waals surface area contributed by atoms with Crippen LogP contribution < -0.4 is 4.90 Å². The molecule has 1 unspecified atom stereocenters. The topological polar surface area (TPSA) is 70.5 Å². The summed E-state index contributed by atoms with van der Waals surface area (Å²) in [7, 11) is 0. The Morgan fingerprint density at radius 1 is 1.06 bits per heavy atom. The zero-order valence-corrected chi connectivity index (χ0v) is 19.9. The summed E-state index contributed by atoms with van der Waals surface area (Å²) in [6.45, 7) is 3.63. The Morgan fingerprint density at radius 3 is 2.41 bits per heavy atom. The quantitative estimate of drug-likeness (QED) is 0.328. The van der Waals surface area contributed by atoms with Gasteiger partial charge in [0.15, 0.2) is 5.76 Å². The molecule has 0 saturated heterocycles. The number of aromatic nitrogens is 1. The average Bonchev–Trinajstić information content (AvgIpc) is 3.51. The lowest BCUT2D eigenvalue weighted by atomic mass is 9.98. The molecule has 0 bridgehead atoms. The number of carbonyl (C=O) groups is 2. The van der Waals surface area contributed by atoms with Crippen LogP contribution in [0.25, 0.3) is 10.6 Å². The largest absolute Gasteiger partial charge is 0.503 e. The fourth-order valence-corrected chi connectivity index (χ4v) is 6.10. The molecule has 170 valence electrons. The third kappa shape index (κ3) is 3.65. The number of hydrogen-bond acceptors (Lipinski definition) is 6. The van der Waals surface area contributed by atoms with E-state index in [1.54, 1.807) is 6.92 Å². The van der Waals surface area contributed by atoms with E-state index in [-0.39, 0.29) is 5.57 Å². The minimum Gasteiger partial charge on any atom is -0.503 e. The first-order valence-electron chi connectivity index (χ1n) is 10.5. The first-order chi connectivity index (χ1) is 16.4. The third-order valence-electron chi connectivity index (χ3n) is 5.73. The van der Waals surface area contributed by atoms with E-state index in [4.69, 9.17) is 0 Å². The van der Waals surface area contributed by atoms with E-state index in [0.29, 0.717) is 21.3 Å². The van der Waals surface area contributed by atoms with Crippen molar-refractivity contribution >= 4 is 40.1 Å². The van der Waals surface area contributed by atoms with Crippen LogP contribution in [0, 0.1) is 19.7 Å². The van der Waals surface area contributed by atoms with E-state index < -0.39 is 29.3 Å². The highest BCUT2D eigenvalue weighted by molar-refractivity contribution is 7.17. The number of amides is 1. The lowest BCUT2D eigenvalue weighted by Gasteiger charge is -2.26. The second-order valence-electron chi connectivity index (χ2n) is 7.91. The molecule has 5 nitrogen and oxygen atoms in total. The van der Waals surface area contributed by atoms with E-state index >= 15 is 0 Å². The Bertz CT molecular complexity index is 1440. The molecule has 4 aromatic rings. The molecule has 0 radical (unpaired) electrons. The number of hydrogen-bond donors (Lipinski definition) is 1. The number of ketones is 1. The molecule has 2 aromatic heterocycles. The number of benzene rings is 2. The maximum Gasteiger partial charge on any atom is 0.294 e. The summed E-state index contributed by atoms with van der Waals surface area (Å²) in [6.07, 6.45) is 0. The normalized spacial score (nSPS) is 15.9. The van der Waals surface area contributed by atoms with E-state index in [2.05, 4.69) is 4.98 Å². The monoisotopic (exact) mass is 490 g/mol. The summed E-state index contributed by atoms with van der Waals surface area (Å²) in [5, 5.41) is 13.5. The van der Waals surface area contributed by atoms with Crippen molar-refractivity contribution in [2.24, 2.45) is 0 Å². The Labute approximate surface area is 203 Å². The summed E-state index contributed by atoms with van der Waals surface area (Å²) < 4.78 is 13.6. The van der Waals surface area contributed by atoms with Crippen LogP contribution in [0.4, 0.5) is 10.1 Å². The molecule has 2 aromatic carbocycles. The number of thiazole rings is 1. The highest BCUT2D eigenvalue weighted by Gasteiger charge is 2.46. The number of aryl methyl sites for hydroxylation is 2. The van der Waals surface area contributed by atoms with Gasteiger partial charge < -0.3 is 5.11 Å². The Hall–Kier alpha value is -3.62. The van der Waals surface area contributed by atoms with Gasteiger partial charge in [-0.25, -0.2) is 9.37 Å². The van der Waals surface area contributed by atoms with Gasteiger partial charge in [-0.2, -0.15) is 0 Å². The molecule has 0 fully saturated rings. The minimum absolute atomic E-state index is 0.00577. The summed E-state index contributed by atoms with van der Waals surface area (Å²) in [4.78, 5) is 34.1. The van der Waals surface area contributed by atoms with Crippen LogP contribution in [0.3, 0.4) is 0 Å². The van der Waals surface area contributed by atoms with Crippen molar-refractivity contribution in [3.8, 4) is 10.6 Å². The lowest BCUT2D eigenvalue weighted by molar-refractivity contribution is -0.117. The first-order valence-corrected chi connectivity index (χ1v) is 12.2. The number of rotatable bonds is 5. The SMILES string of the molecule is Cc1ccsc1C1C(C(=O)c2sc(-c3ccccc3)nc2C)=C(O)C(=O)N1c1ccc(F)cc1. The van der Waals surface area contributed by atoms with Crippen molar-refractivity contribution in [3.63, 3.8) is 0 Å². The van der Waals surface area contributed by atoms with Gasteiger partial charge in [0, 0.05) is 16.1 Å². The summed E-state index contributed by atoms with van der Waals surface area (Å²) in [5.74, 6) is -2.17. The molecule has 8 heteroatoms. The van der Waals surface area contributed by atoms with Gasteiger partial charge in [-0.05, 0) is 55.1 Å². The number of nitrogens with zero attached hydrogens (tertiary/aromatic N) is 2. The van der Waals surface area contributed by atoms with Crippen LogP contribution in [-0.2, 0) is 4.79 Å². The third-order valence-corrected chi connectivity index (χ3v) is 8.01. The van der Waals surface area contributed by atoms with Gasteiger partial charge in [0.05, 0.1) is 16.1 Å². The smallest absolute Gasteiger partial charge is 0.294 e. The van der Waals surface area contributed by atoms with Crippen LogP contribution in [0.2, 0.25) is 0 Å². The van der Waals surface area contributed by atoms with E-state index in [0.717, 1.165) is 16.0 Å². The van der Waals surface area contributed by atoms with Gasteiger partial charge in [0.25, 0.3) is 5.91 Å². The van der Waals surface area contributed by atoms with Crippen LogP contribution in [0.5, 0.6) is 0 Å².